The molecular weight excluding hydrogens is 214 g/mol. The number of allylic oxidation sites excluding steroid dienone is 1. The Balaban J connectivity index is 2.80. The van der Waals surface area contributed by atoms with Gasteiger partial charge in [0.15, 0.2) is 5.78 Å². The SMILES string of the molecule is C=CCn1cc(C(C)=O)c2cccc(OC)c21. The van der Waals surface area contributed by atoms with Gasteiger partial charge in [0.25, 0.3) is 0 Å². The van der Waals surface area contributed by atoms with Gasteiger partial charge in [-0.05, 0) is 13.0 Å². The van der Waals surface area contributed by atoms with Crippen LogP contribution in [-0.2, 0) is 6.54 Å². The van der Waals surface area contributed by atoms with Gasteiger partial charge >= 0.3 is 0 Å². The molecule has 17 heavy (non-hydrogen) atoms. The van der Waals surface area contributed by atoms with Crippen molar-refractivity contribution in [3.8, 4) is 5.75 Å². The summed E-state index contributed by atoms with van der Waals surface area (Å²) in [6.07, 6.45) is 3.66. The number of Topliss-reactive ketones (excluding diaryl/α,β-unsaturated/α-hetero) is 1. The highest BCUT2D eigenvalue weighted by Crippen LogP contribution is 2.30. The number of ether oxygens (including phenoxy) is 1. The zero-order valence-electron chi connectivity index (χ0n) is 10.1. The third kappa shape index (κ3) is 1.84. The smallest absolute Gasteiger partial charge is 0.161 e. The predicted molar refractivity (Wildman–Crippen MR) is 68.7 cm³/mol. The summed E-state index contributed by atoms with van der Waals surface area (Å²) in [5.74, 6) is 0.836. The van der Waals surface area contributed by atoms with Crippen LogP contribution in [0.15, 0.2) is 37.1 Å². The first-order valence-electron chi connectivity index (χ1n) is 5.46. The Kier molecular flexibility index (Phi) is 3.00. The molecule has 2 rings (SSSR count). The molecule has 1 heterocycles. The van der Waals surface area contributed by atoms with Crippen LogP contribution < -0.4 is 4.74 Å². The molecule has 1 aromatic heterocycles. The van der Waals surface area contributed by atoms with Crippen LogP contribution in [0.25, 0.3) is 10.9 Å². The second kappa shape index (κ2) is 4.45. The minimum Gasteiger partial charge on any atom is -0.495 e. The largest absolute Gasteiger partial charge is 0.495 e. The first kappa shape index (κ1) is 11.5. The number of carbonyl (C=O) groups is 1. The van der Waals surface area contributed by atoms with Crippen LogP contribution in [-0.4, -0.2) is 17.5 Å². The Bertz CT molecular complexity index is 581. The Morgan fingerprint density at radius 2 is 2.29 bits per heavy atom. The molecule has 0 N–H and O–H groups in total. The molecule has 0 aliphatic rings. The van der Waals surface area contributed by atoms with E-state index in [0.717, 1.165) is 22.2 Å². The first-order chi connectivity index (χ1) is 8.19. The van der Waals surface area contributed by atoms with Crippen molar-refractivity contribution >= 4 is 16.7 Å². The van der Waals surface area contributed by atoms with Crippen molar-refractivity contribution < 1.29 is 9.53 Å². The second-order valence-electron chi connectivity index (χ2n) is 3.90. The highest BCUT2D eigenvalue weighted by atomic mass is 16.5. The quantitative estimate of drug-likeness (QED) is 0.596. The lowest BCUT2D eigenvalue weighted by Crippen LogP contribution is -1.94. The van der Waals surface area contributed by atoms with Crippen LogP contribution in [0.5, 0.6) is 5.75 Å². The fourth-order valence-corrected chi connectivity index (χ4v) is 2.05. The lowest BCUT2D eigenvalue weighted by molar-refractivity contribution is 0.101. The van der Waals surface area contributed by atoms with Crippen molar-refractivity contribution in [1.29, 1.82) is 0 Å². The zero-order valence-corrected chi connectivity index (χ0v) is 10.1. The van der Waals surface area contributed by atoms with E-state index in [1.54, 1.807) is 20.1 Å². The van der Waals surface area contributed by atoms with Crippen molar-refractivity contribution in [2.75, 3.05) is 7.11 Å². The molecule has 2 aromatic rings. The van der Waals surface area contributed by atoms with E-state index in [4.69, 9.17) is 4.74 Å². The summed E-state index contributed by atoms with van der Waals surface area (Å²) in [4.78, 5) is 11.6. The number of methoxy groups -OCH3 is 1. The second-order valence-corrected chi connectivity index (χ2v) is 3.90. The number of fused-ring (bicyclic) bond motifs is 1. The standard InChI is InChI=1S/C14H15NO2/c1-4-8-15-9-12(10(2)16)11-6-5-7-13(17-3)14(11)15/h4-7,9H,1,8H2,2-3H3. The zero-order chi connectivity index (χ0) is 12.4. The molecule has 0 spiro atoms. The van der Waals surface area contributed by atoms with Crippen LogP contribution in [0.4, 0.5) is 0 Å². The van der Waals surface area contributed by atoms with Gasteiger partial charge in [0.1, 0.15) is 5.75 Å². The first-order valence-corrected chi connectivity index (χ1v) is 5.46. The van der Waals surface area contributed by atoms with E-state index in [2.05, 4.69) is 6.58 Å². The number of benzene rings is 1. The molecule has 3 nitrogen and oxygen atoms in total. The average Bonchev–Trinajstić information content (AvgIpc) is 2.69. The maximum atomic E-state index is 11.6. The highest BCUT2D eigenvalue weighted by molar-refractivity contribution is 6.08. The summed E-state index contributed by atoms with van der Waals surface area (Å²) in [7, 11) is 1.63. The van der Waals surface area contributed by atoms with Gasteiger partial charge < -0.3 is 9.30 Å². The number of hydrogen-bond acceptors (Lipinski definition) is 2. The van der Waals surface area contributed by atoms with Crippen molar-refractivity contribution in [3.05, 3.63) is 42.6 Å². The van der Waals surface area contributed by atoms with Crippen molar-refractivity contribution in [1.82, 2.24) is 4.57 Å². The maximum Gasteiger partial charge on any atom is 0.161 e. The number of para-hydroxylation sites is 1. The monoisotopic (exact) mass is 229 g/mol. The Morgan fingerprint density at radius 1 is 1.53 bits per heavy atom. The van der Waals surface area contributed by atoms with Crippen molar-refractivity contribution in [3.63, 3.8) is 0 Å². The minimum absolute atomic E-state index is 0.0612. The Morgan fingerprint density at radius 3 is 2.88 bits per heavy atom. The summed E-state index contributed by atoms with van der Waals surface area (Å²) >= 11 is 0. The van der Waals surface area contributed by atoms with Crippen LogP contribution in [0.2, 0.25) is 0 Å². The van der Waals surface area contributed by atoms with E-state index < -0.39 is 0 Å². The average molecular weight is 229 g/mol. The summed E-state index contributed by atoms with van der Waals surface area (Å²) in [5, 5.41) is 0.929. The molecule has 1 aromatic carbocycles. The van der Waals surface area contributed by atoms with Crippen LogP contribution >= 0.6 is 0 Å². The highest BCUT2D eigenvalue weighted by Gasteiger charge is 2.14. The molecule has 0 aliphatic carbocycles. The predicted octanol–water partition coefficient (Wildman–Crippen LogP) is 3.04. The molecule has 3 heteroatoms. The number of nitrogens with zero attached hydrogens (tertiary/aromatic N) is 1. The fourth-order valence-electron chi connectivity index (χ4n) is 2.05. The molecule has 0 fully saturated rings. The molecule has 0 amide bonds. The van der Waals surface area contributed by atoms with Crippen LogP contribution in [0.1, 0.15) is 17.3 Å². The summed E-state index contributed by atoms with van der Waals surface area (Å²) < 4.78 is 7.33. The Labute approximate surface area is 100 Å². The summed E-state index contributed by atoms with van der Waals surface area (Å²) in [6.45, 7) is 5.96. The number of ketones is 1. The summed E-state index contributed by atoms with van der Waals surface area (Å²) in [6, 6.07) is 5.73. The molecular formula is C14H15NO2. The topological polar surface area (TPSA) is 31.2 Å². The molecule has 88 valence electrons. The van der Waals surface area contributed by atoms with Gasteiger partial charge in [-0.25, -0.2) is 0 Å². The third-order valence-electron chi connectivity index (χ3n) is 2.79. The number of rotatable bonds is 4. The molecule has 0 bridgehead atoms. The van der Waals surface area contributed by atoms with Gasteiger partial charge in [0.05, 0.1) is 12.6 Å². The minimum atomic E-state index is 0.0612. The number of aromatic nitrogens is 1. The van der Waals surface area contributed by atoms with E-state index in [-0.39, 0.29) is 5.78 Å². The van der Waals surface area contributed by atoms with E-state index >= 15 is 0 Å². The van der Waals surface area contributed by atoms with Crippen molar-refractivity contribution in [2.45, 2.75) is 13.5 Å². The lowest BCUT2D eigenvalue weighted by Gasteiger charge is -2.06. The van der Waals surface area contributed by atoms with Gasteiger partial charge in [0.2, 0.25) is 0 Å². The maximum absolute atomic E-state index is 11.6. The molecule has 0 saturated carbocycles. The van der Waals surface area contributed by atoms with Gasteiger partial charge in [-0.15, -0.1) is 6.58 Å². The summed E-state index contributed by atoms with van der Waals surface area (Å²) in [5.41, 5.74) is 1.67. The number of hydrogen-bond donors (Lipinski definition) is 0. The van der Waals surface area contributed by atoms with Gasteiger partial charge in [-0.1, -0.05) is 18.2 Å². The third-order valence-corrected chi connectivity index (χ3v) is 2.79. The van der Waals surface area contributed by atoms with Gasteiger partial charge in [-0.3, -0.25) is 4.79 Å². The van der Waals surface area contributed by atoms with E-state index in [1.165, 1.54) is 0 Å². The van der Waals surface area contributed by atoms with Gasteiger partial charge in [0, 0.05) is 23.7 Å². The molecule has 0 aliphatic heterocycles. The Hall–Kier alpha value is -2.03. The lowest BCUT2D eigenvalue weighted by atomic mass is 10.1. The molecule has 0 radical (unpaired) electrons. The molecule has 0 unspecified atom stereocenters. The van der Waals surface area contributed by atoms with Crippen LogP contribution in [0.3, 0.4) is 0 Å². The molecule has 0 saturated heterocycles. The van der Waals surface area contributed by atoms with E-state index in [1.807, 2.05) is 29.0 Å². The van der Waals surface area contributed by atoms with E-state index in [9.17, 15) is 4.79 Å². The van der Waals surface area contributed by atoms with Gasteiger partial charge in [-0.2, -0.15) is 0 Å². The van der Waals surface area contributed by atoms with E-state index in [0.29, 0.717) is 6.54 Å². The van der Waals surface area contributed by atoms with Crippen LogP contribution in [0, 0.1) is 0 Å². The normalized spacial score (nSPS) is 10.5. The molecule has 0 atom stereocenters. The number of carbonyl (C=O) groups excluding carboxylic acids is 1. The van der Waals surface area contributed by atoms with Crippen molar-refractivity contribution in [2.24, 2.45) is 0 Å². The fraction of sp³-hybridized carbons (Fsp3) is 0.214.